The molecule has 2 atom stereocenters. The number of carbonyl (C=O) groups excluding carboxylic acids is 8. The van der Waals surface area contributed by atoms with Crippen molar-refractivity contribution >= 4 is 67.3 Å². The van der Waals surface area contributed by atoms with Crippen molar-refractivity contribution in [3.05, 3.63) is 203 Å². The van der Waals surface area contributed by atoms with Crippen LogP contribution in [0.2, 0.25) is 0 Å². The van der Waals surface area contributed by atoms with E-state index < -0.39 is 131 Å². The van der Waals surface area contributed by atoms with Crippen LogP contribution in [-0.4, -0.2) is 158 Å². The Bertz CT molecular complexity index is 3730. The summed E-state index contributed by atoms with van der Waals surface area (Å²) < 4.78 is 70.8. The van der Waals surface area contributed by atoms with E-state index in [1.807, 2.05) is 0 Å². The highest BCUT2D eigenvalue weighted by Crippen LogP contribution is 2.31. The molecule has 0 aliphatic carbocycles. The van der Waals surface area contributed by atoms with Gasteiger partial charge in [-0.3, -0.25) is 58.6 Å². The Labute approximate surface area is 505 Å². The molecule has 2 aliphatic rings. The maximum absolute atomic E-state index is 14.7. The maximum atomic E-state index is 14.7. The van der Waals surface area contributed by atoms with Crippen molar-refractivity contribution in [3.63, 3.8) is 0 Å². The second-order valence-electron chi connectivity index (χ2n) is 20.0. The fourth-order valence-electron chi connectivity index (χ4n) is 10.3. The number of fused-ring (bicyclic) bond motifs is 2. The molecule has 0 bridgehead atoms. The van der Waals surface area contributed by atoms with Crippen LogP contribution >= 0.6 is 0 Å². The van der Waals surface area contributed by atoms with Crippen molar-refractivity contribution in [1.82, 2.24) is 40.0 Å². The molecule has 7 aromatic carbocycles. The van der Waals surface area contributed by atoms with E-state index in [9.17, 15) is 65.6 Å². The topological polar surface area (TPSA) is 325 Å². The fraction of sp³-hybridized carbons (Fsp3) is 0.194. The number of methoxy groups -OCH3 is 2. The SMILES string of the molecule is COc1ccc(-c2ccc(S(=O)(=O)N(CCNC(=O)c3cccc(C(=O)NCCN([C@H](CCN4C(=O)c5ccccc5C4=O)C(=O)NO)S(=O)(=O)c4ccc(-c5ccc(OC)cc5)cc4)c3)[C@H](CCN3C(=O)c4ccccc4C3=O)C(=O)NO)cc2)cc1. The molecule has 0 saturated carbocycles. The molecule has 0 saturated heterocycles. The first-order valence-corrected chi connectivity index (χ1v) is 30.2. The molecule has 2 heterocycles. The first kappa shape index (κ1) is 62.6. The third-order valence-electron chi connectivity index (χ3n) is 14.9. The summed E-state index contributed by atoms with van der Waals surface area (Å²) in [6, 6.07) is 39.1. The smallest absolute Gasteiger partial charge is 0.261 e. The van der Waals surface area contributed by atoms with Crippen LogP contribution in [0.1, 0.15) is 75.0 Å². The Morgan fingerprint density at radius 3 is 1.06 bits per heavy atom. The van der Waals surface area contributed by atoms with Crippen LogP contribution in [-0.2, 0) is 29.6 Å². The van der Waals surface area contributed by atoms with Gasteiger partial charge < -0.3 is 20.1 Å². The molecule has 24 nitrogen and oxygen atoms in total. The van der Waals surface area contributed by atoms with Gasteiger partial charge in [-0.25, -0.2) is 27.8 Å². The van der Waals surface area contributed by atoms with Crippen LogP contribution in [0.3, 0.4) is 0 Å². The summed E-state index contributed by atoms with van der Waals surface area (Å²) in [5, 5.41) is 25.1. The minimum absolute atomic E-state index is 0.109. The van der Waals surface area contributed by atoms with Gasteiger partial charge in [-0.15, -0.1) is 0 Å². The van der Waals surface area contributed by atoms with Gasteiger partial charge in [-0.05, 0) is 126 Å². The van der Waals surface area contributed by atoms with E-state index in [1.165, 1.54) is 122 Å². The number of ether oxygens (including phenoxy) is 2. The highest BCUT2D eigenvalue weighted by atomic mass is 32.2. The van der Waals surface area contributed by atoms with Gasteiger partial charge >= 0.3 is 0 Å². The van der Waals surface area contributed by atoms with Crippen LogP contribution in [0.4, 0.5) is 0 Å². The predicted octanol–water partition coefficient (Wildman–Crippen LogP) is 5.00. The summed E-state index contributed by atoms with van der Waals surface area (Å²) in [5.74, 6) is -5.59. The van der Waals surface area contributed by atoms with Crippen LogP contribution in [0.25, 0.3) is 22.3 Å². The zero-order valence-electron chi connectivity index (χ0n) is 47.2. The summed E-state index contributed by atoms with van der Waals surface area (Å²) >= 11 is 0. The second kappa shape index (κ2) is 27.2. The zero-order chi connectivity index (χ0) is 62.9. The number of nitrogens with zero attached hydrogens (tertiary/aromatic N) is 4. The highest BCUT2D eigenvalue weighted by molar-refractivity contribution is 7.89. The molecule has 8 amide bonds. The second-order valence-corrected chi connectivity index (χ2v) is 23.8. The van der Waals surface area contributed by atoms with Gasteiger partial charge in [0, 0.05) is 50.4 Å². The average Bonchev–Trinajstić information content (AvgIpc) is 1.64. The van der Waals surface area contributed by atoms with Gasteiger partial charge in [0.05, 0.1) is 46.3 Å². The molecule has 0 radical (unpaired) electrons. The molecular formula is C62H58N8O16S2. The number of carbonyl (C=O) groups is 8. The van der Waals surface area contributed by atoms with Gasteiger partial charge in [-0.2, -0.15) is 8.61 Å². The molecule has 2 aliphatic heterocycles. The number of imide groups is 2. The van der Waals surface area contributed by atoms with E-state index in [2.05, 4.69) is 10.6 Å². The fourth-order valence-corrected chi connectivity index (χ4v) is 13.5. The van der Waals surface area contributed by atoms with Crippen LogP contribution in [0, 0.1) is 0 Å². The quantitative estimate of drug-likeness (QED) is 0.0236. The standard InChI is InChI=1S/C62H58N8O16S2/c1-85-45-22-14-39(15-23-45)41-18-26-47(27-19-41)87(81,82)69(53(57(73)65-79)30-34-67-59(75)49-10-3-4-11-50(49)60(67)76)36-32-63-55(71)43-8-7-9-44(38-43)56(72)64-33-37-70(88(83,84)48-28-20-42(21-29-48)40-16-24-46(86-2)25-17-40)54(58(74)66-80)31-35-68-61(77)51-12-5-6-13-52(51)62(68)78/h3-29,38,53-54,79-80H,30-37H2,1-2H3,(H,63,71)(H,64,72)(H,65,73)(H,66,74)/t53-,54-/m1/s1. The van der Waals surface area contributed by atoms with Crippen molar-refractivity contribution in [2.24, 2.45) is 0 Å². The minimum atomic E-state index is -4.72. The van der Waals surface area contributed by atoms with E-state index in [-0.39, 0.29) is 43.2 Å². The lowest BCUT2D eigenvalue weighted by Gasteiger charge is -2.30. The Balaban J connectivity index is 0.917. The maximum Gasteiger partial charge on any atom is 0.261 e. The number of hydrogen-bond acceptors (Lipinski definition) is 16. The molecule has 0 fully saturated rings. The minimum Gasteiger partial charge on any atom is -0.497 e. The Morgan fingerprint density at radius 1 is 0.455 bits per heavy atom. The molecule has 26 heteroatoms. The number of benzene rings is 7. The lowest BCUT2D eigenvalue weighted by atomic mass is 10.1. The Kier molecular flexibility index (Phi) is 19.3. The molecular weight excluding hydrogens is 1180 g/mol. The summed E-state index contributed by atoms with van der Waals surface area (Å²) in [5.41, 5.74) is 5.89. The van der Waals surface area contributed by atoms with Crippen molar-refractivity contribution < 1.29 is 75.1 Å². The number of nitrogens with one attached hydrogen (secondary N) is 4. The van der Waals surface area contributed by atoms with Crippen molar-refractivity contribution in [2.45, 2.75) is 34.7 Å². The third kappa shape index (κ3) is 13.2. The summed E-state index contributed by atoms with van der Waals surface area (Å²) in [4.78, 5) is 109. The summed E-state index contributed by atoms with van der Waals surface area (Å²) in [7, 11) is -6.42. The number of hydrogen-bond donors (Lipinski definition) is 6. The van der Waals surface area contributed by atoms with Gasteiger partial charge in [-0.1, -0.05) is 78.9 Å². The van der Waals surface area contributed by atoms with E-state index in [0.717, 1.165) is 29.5 Å². The molecule has 0 unspecified atom stereocenters. The van der Waals surface area contributed by atoms with Gasteiger partial charge in [0.1, 0.15) is 23.6 Å². The van der Waals surface area contributed by atoms with E-state index in [1.54, 1.807) is 72.8 Å². The van der Waals surface area contributed by atoms with Crippen LogP contribution in [0.15, 0.2) is 180 Å². The highest BCUT2D eigenvalue weighted by Gasteiger charge is 2.42. The van der Waals surface area contributed by atoms with Crippen molar-refractivity contribution in [3.8, 4) is 33.8 Å². The number of sulfonamides is 2. The van der Waals surface area contributed by atoms with Crippen LogP contribution in [0.5, 0.6) is 11.5 Å². The van der Waals surface area contributed by atoms with Gasteiger partial charge in [0.25, 0.3) is 47.3 Å². The first-order valence-electron chi connectivity index (χ1n) is 27.3. The third-order valence-corrected chi connectivity index (χ3v) is 18.8. The lowest BCUT2D eigenvalue weighted by Crippen LogP contribution is -2.52. The number of hydroxylamine groups is 2. The number of rotatable bonds is 26. The average molecular weight is 1240 g/mol. The molecule has 9 rings (SSSR count). The normalized spacial score (nSPS) is 13.7. The lowest BCUT2D eigenvalue weighted by molar-refractivity contribution is -0.134. The summed E-state index contributed by atoms with van der Waals surface area (Å²) in [6.45, 7) is -3.11. The molecule has 88 heavy (non-hydrogen) atoms. The summed E-state index contributed by atoms with van der Waals surface area (Å²) in [6.07, 6.45) is -1.00. The Morgan fingerprint density at radius 2 is 0.761 bits per heavy atom. The molecule has 0 spiro atoms. The first-order chi connectivity index (χ1) is 42.3. The van der Waals surface area contributed by atoms with Crippen molar-refractivity contribution in [2.75, 3.05) is 53.5 Å². The largest absolute Gasteiger partial charge is 0.497 e. The monoisotopic (exact) mass is 1230 g/mol. The van der Waals surface area contributed by atoms with E-state index in [4.69, 9.17) is 9.47 Å². The Hall–Kier alpha value is -9.96. The van der Waals surface area contributed by atoms with E-state index in [0.29, 0.717) is 22.6 Å². The molecule has 7 aromatic rings. The predicted molar refractivity (Wildman–Crippen MR) is 316 cm³/mol. The molecule has 6 N–H and O–H groups in total. The van der Waals surface area contributed by atoms with Crippen molar-refractivity contribution in [1.29, 1.82) is 0 Å². The van der Waals surface area contributed by atoms with Crippen LogP contribution < -0.4 is 31.1 Å². The molecule has 454 valence electrons. The van der Waals surface area contributed by atoms with Gasteiger partial charge in [0.2, 0.25) is 20.0 Å². The van der Waals surface area contributed by atoms with Gasteiger partial charge in [0.15, 0.2) is 0 Å². The zero-order valence-corrected chi connectivity index (χ0v) is 48.8. The van der Waals surface area contributed by atoms with E-state index >= 15 is 0 Å². The molecule has 0 aromatic heterocycles. The number of amides is 8.